The fourth-order valence-corrected chi connectivity index (χ4v) is 2.10. The first-order valence-electron chi connectivity index (χ1n) is 5.16. The van der Waals surface area contributed by atoms with Gasteiger partial charge in [0.1, 0.15) is 5.75 Å². The molecule has 0 aliphatic heterocycles. The SMILES string of the molecule is CC(CN)(c1cccc(O)c1)C1CC1. The van der Waals surface area contributed by atoms with Crippen LogP contribution < -0.4 is 5.73 Å². The van der Waals surface area contributed by atoms with E-state index in [9.17, 15) is 5.11 Å². The average molecular weight is 191 g/mol. The van der Waals surface area contributed by atoms with Crippen LogP contribution >= 0.6 is 0 Å². The van der Waals surface area contributed by atoms with Crippen LogP contribution in [0.2, 0.25) is 0 Å². The van der Waals surface area contributed by atoms with Crippen LogP contribution in [0.1, 0.15) is 25.3 Å². The topological polar surface area (TPSA) is 46.2 Å². The molecule has 1 aliphatic carbocycles. The van der Waals surface area contributed by atoms with E-state index in [0.29, 0.717) is 18.2 Å². The van der Waals surface area contributed by atoms with Gasteiger partial charge in [0.25, 0.3) is 0 Å². The highest BCUT2D eigenvalue weighted by molar-refractivity contribution is 5.34. The maximum absolute atomic E-state index is 9.43. The van der Waals surface area contributed by atoms with Crippen LogP contribution in [0.5, 0.6) is 5.75 Å². The highest BCUT2D eigenvalue weighted by atomic mass is 16.3. The van der Waals surface area contributed by atoms with Crippen molar-refractivity contribution in [3.8, 4) is 5.75 Å². The molecule has 2 nitrogen and oxygen atoms in total. The summed E-state index contributed by atoms with van der Waals surface area (Å²) in [7, 11) is 0. The van der Waals surface area contributed by atoms with Crippen molar-refractivity contribution in [1.82, 2.24) is 0 Å². The van der Waals surface area contributed by atoms with Gasteiger partial charge in [-0.05, 0) is 36.5 Å². The van der Waals surface area contributed by atoms with E-state index in [1.165, 1.54) is 18.4 Å². The van der Waals surface area contributed by atoms with Crippen LogP contribution in [0.3, 0.4) is 0 Å². The Morgan fingerprint density at radius 3 is 2.71 bits per heavy atom. The quantitative estimate of drug-likeness (QED) is 0.767. The Hall–Kier alpha value is -1.02. The molecule has 1 unspecified atom stereocenters. The molecule has 0 aromatic heterocycles. The Balaban J connectivity index is 2.35. The maximum atomic E-state index is 9.43. The van der Waals surface area contributed by atoms with E-state index in [4.69, 9.17) is 5.73 Å². The number of rotatable bonds is 3. The van der Waals surface area contributed by atoms with Gasteiger partial charge in [-0.25, -0.2) is 0 Å². The first-order valence-corrected chi connectivity index (χ1v) is 5.16. The number of aromatic hydroxyl groups is 1. The second-order valence-electron chi connectivity index (χ2n) is 4.45. The lowest BCUT2D eigenvalue weighted by molar-refractivity contribution is 0.415. The summed E-state index contributed by atoms with van der Waals surface area (Å²) in [5.41, 5.74) is 7.07. The Morgan fingerprint density at radius 2 is 2.21 bits per heavy atom. The van der Waals surface area contributed by atoms with E-state index in [-0.39, 0.29) is 5.41 Å². The highest BCUT2D eigenvalue weighted by Crippen LogP contribution is 2.46. The number of benzene rings is 1. The minimum absolute atomic E-state index is 0.0543. The summed E-state index contributed by atoms with van der Waals surface area (Å²) in [5, 5.41) is 9.43. The van der Waals surface area contributed by atoms with E-state index >= 15 is 0 Å². The number of phenolic OH excluding ortho intramolecular Hbond substituents is 1. The molecule has 1 aromatic rings. The summed E-state index contributed by atoms with van der Waals surface area (Å²) in [6, 6.07) is 7.49. The molecule has 0 amide bonds. The second kappa shape index (κ2) is 3.28. The van der Waals surface area contributed by atoms with Crippen molar-refractivity contribution in [3.05, 3.63) is 29.8 Å². The summed E-state index contributed by atoms with van der Waals surface area (Å²) in [4.78, 5) is 0. The van der Waals surface area contributed by atoms with Crippen molar-refractivity contribution in [2.24, 2.45) is 11.7 Å². The van der Waals surface area contributed by atoms with Crippen LogP contribution in [0.25, 0.3) is 0 Å². The molecular formula is C12H17NO. The molecule has 76 valence electrons. The molecule has 1 aromatic carbocycles. The van der Waals surface area contributed by atoms with Gasteiger partial charge in [-0.3, -0.25) is 0 Å². The molecule has 1 saturated carbocycles. The Kier molecular flexibility index (Phi) is 2.23. The fraction of sp³-hybridized carbons (Fsp3) is 0.500. The lowest BCUT2D eigenvalue weighted by Gasteiger charge is -2.28. The van der Waals surface area contributed by atoms with E-state index < -0.39 is 0 Å². The van der Waals surface area contributed by atoms with Crippen LogP contribution in [-0.2, 0) is 5.41 Å². The van der Waals surface area contributed by atoms with E-state index in [2.05, 4.69) is 13.0 Å². The monoisotopic (exact) mass is 191 g/mol. The van der Waals surface area contributed by atoms with Crippen molar-refractivity contribution in [2.75, 3.05) is 6.54 Å². The molecule has 2 rings (SSSR count). The molecule has 1 fully saturated rings. The van der Waals surface area contributed by atoms with Crippen molar-refractivity contribution < 1.29 is 5.11 Å². The third kappa shape index (κ3) is 1.50. The third-order valence-electron chi connectivity index (χ3n) is 3.41. The lowest BCUT2D eigenvalue weighted by atomic mass is 9.78. The van der Waals surface area contributed by atoms with Crippen molar-refractivity contribution in [1.29, 1.82) is 0 Å². The van der Waals surface area contributed by atoms with E-state index in [1.54, 1.807) is 6.07 Å². The first-order chi connectivity index (χ1) is 6.66. The first kappa shape index (κ1) is 9.53. The summed E-state index contributed by atoms with van der Waals surface area (Å²) >= 11 is 0. The predicted octanol–water partition coefficient (Wildman–Crippen LogP) is 2.02. The fourth-order valence-electron chi connectivity index (χ4n) is 2.10. The van der Waals surface area contributed by atoms with Crippen molar-refractivity contribution in [3.63, 3.8) is 0 Å². The second-order valence-corrected chi connectivity index (χ2v) is 4.45. The smallest absolute Gasteiger partial charge is 0.115 e. The molecule has 0 bridgehead atoms. The van der Waals surface area contributed by atoms with Crippen LogP contribution in [0.4, 0.5) is 0 Å². The number of nitrogens with two attached hydrogens (primary N) is 1. The van der Waals surface area contributed by atoms with Crippen LogP contribution in [-0.4, -0.2) is 11.7 Å². The summed E-state index contributed by atoms with van der Waals surface area (Å²) in [6.45, 7) is 2.85. The minimum Gasteiger partial charge on any atom is -0.508 e. The summed E-state index contributed by atoms with van der Waals surface area (Å²) in [6.07, 6.45) is 2.53. The average Bonchev–Trinajstić information content (AvgIpc) is 3.00. The van der Waals surface area contributed by atoms with Gasteiger partial charge in [0, 0.05) is 12.0 Å². The maximum Gasteiger partial charge on any atom is 0.115 e. The zero-order valence-corrected chi connectivity index (χ0v) is 8.53. The minimum atomic E-state index is 0.0543. The zero-order chi connectivity index (χ0) is 10.2. The van der Waals surface area contributed by atoms with Gasteiger partial charge < -0.3 is 10.8 Å². The van der Waals surface area contributed by atoms with E-state index in [0.717, 1.165) is 0 Å². The van der Waals surface area contributed by atoms with Crippen LogP contribution in [0, 0.1) is 5.92 Å². The van der Waals surface area contributed by atoms with Gasteiger partial charge in [0.15, 0.2) is 0 Å². The molecule has 0 heterocycles. The normalized spacial score (nSPS) is 20.4. The van der Waals surface area contributed by atoms with Gasteiger partial charge >= 0.3 is 0 Å². The predicted molar refractivity (Wildman–Crippen MR) is 57.2 cm³/mol. The van der Waals surface area contributed by atoms with Gasteiger partial charge in [-0.15, -0.1) is 0 Å². The number of hydrogen-bond acceptors (Lipinski definition) is 2. The highest BCUT2D eigenvalue weighted by Gasteiger charge is 2.41. The number of phenols is 1. The van der Waals surface area contributed by atoms with Crippen LogP contribution in [0.15, 0.2) is 24.3 Å². The van der Waals surface area contributed by atoms with Crippen molar-refractivity contribution >= 4 is 0 Å². The number of hydrogen-bond donors (Lipinski definition) is 2. The molecular weight excluding hydrogens is 174 g/mol. The molecule has 1 aliphatic rings. The molecule has 0 spiro atoms. The molecule has 14 heavy (non-hydrogen) atoms. The summed E-state index contributed by atoms with van der Waals surface area (Å²) < 4.78 is 0. The molecule has 2 heteroatoms. The van der Waals surface area contributed by atoms with Gasteiger partial charge in [-0.1, -0.05) is 19.1 Å². The molecule has 1 atom stereocenters. The molecule has 0 saturated heterocycles. The lowest BCUT2D eigenvalue weighted by Crippen LogP contribution is -2.33. The van der Waals surface area contributed by atoms with Crippen molar-refractivity contribution in [2.45, 2.75) is 25.2 Å². The standard InChI is InChI=1S/C12H17NO/c1-12(8-13,9-5-6-9)10-3-2-4-11(14)7-10/h2-4,7,9,14H,5-6,8,13H2,1H3. The third-order valence-corrected chi connectivity index (χ3v) is 3.41. The largest absolute Gasteiger partial charge is 0.508 e. The Labute approximate surface area is 84.7 Å². The van der Waals surface area contributed by atoms with E-state index in [1.807, 2.05) is 12.1 Å². The zero-order valence-electron chi connectivity index (χ0n) is 8.53. The molecule has 3 N–H and O–H groups in total. The molecule has 0 radical (unpaired) electrons. The van der Waals surface area contributed by atoms with Gasteiger partial charge in [-0.2, -0.15) is 0 Å². The Morgan fingerprint density at radius 1 is 1.50 bits per heavy atom. The van der Waals surface area contributed by atoms with Gasteiger partial charge in [0.2, 0.25) is 0 Å². The summed E-state index contributed by atoms with van der Waals surface area (Å²) in [5.74, 6) is 1.04. The Bertz CT molecular complexity index is 333. The van der Waals surface area contributed by atoms with Gasteiger partial charge in [0.05, 0.1) is 0 Å².